The van der Waals surface area contributed by atoms with Gasteiger partial charge in [-0.25, -0.2) is 0 Å². The van der Waals surface area contributed by atoms with Gasteiger partial charge < -0.3 is 20.4 Å². The summed E-state index contributed by atoms with van der Waals surface area (Å²) in [5.41, 5.74) is 0. The zero-order valence-electron chi connectivity index (χ0n) is 16.3. The lowest BCUT2D eigenvalue weighted by Gasteiger charge is -2.36. The van der Waals surface area contributed by atoms with Gasteiger partial charge in [0.15, 0.2) is 5.11 Å². The second kappa shape index (κ2) is 8.84. The number of hydrogen-bond acceptors (Lipinski definition) is 5. The van der Waals surface area contributed by atoms with E-state index >= 15 is 0 Å². The predicted octanol–water partition coefficient (Wildman–Crippen LogP) is 3.26. The molecule has 2 N–H and O–H groups in total. The van der Waals surface area contributed by atoms with E-state index in [1.807, 2.05) is 6.92 Å². The Morgan fingerprint density at radius 3 is 2.31 bits per heavy atom. The molecule has 0 spiro atoms. The molecule has 6 nitrogen and oxygen atoms in total. The van der Waals surface area contributed by atoms with Crippen molar-refractivity contribution in [2.45, 2.75) is 46.5 Å². The van der Waals surface area contributed by atoms with Crippen molar-refractivity contribution in [1.29, 1.82) is 0 Å². The number of nitrogens with zero attached hydrogens (tertiary/aromatic N) is 4. The van der Waals surface area contributed by atoms with Crippen LogP contribution < -0.4 is 20.4 Å². The van der Waals surface area contributed by atoms with Gasteiger partial charge in [0.05, 0.1) is 0 Å². The van der Waals surface area contributed by atoms with E-state index in [-0.39, 0.29) is 0 Å². The smallest absolute Gasteiger partial charge is 0.232 e. The van der Waals surface area contributed by atoms with Gasteiger partial charge in [0.1, 0.15) is 11.6 Å². The maximum atomic E-state index is 5.34. The minimum absolute atomic E-state index is 0.578. The highest BCUT2D eigenvalue weighted by Gasteiger charge is 2.24. The van der Waals surface area contributed by atoms with Gasteiger partial charge in [-0.1, -0.05) is 13.8 Å². The lowest BCUT2D eigenvalue weighted by Crippen LogP contribution is -2.40. The molecule has 0 radical (unpaired) electrons. The largest absolute Gasteiger partial charge is 0.363 e. The summed E-state index contributed by atoms with van der Waals surface area (Å²) >= 11 is 5.34. The number of nitrogens with one attached hydrogen (secondary N) is 2. The fraction of sp³-hybridized carbons (Fsp3) is 0.737. The average Bonchev–Trinajstić information content (AvgIpc) is 2.61. The van der Waals surface area contributed by atoms with Gasteiger partial charge in [-0.2, -0.15) is 9.97 Å². The molecule has 1 aromatic heterocycles. The normalized spacial score (nSPS) is 23.7. The molecule has 26 heavy (non-hydrogen) atoms. The van der Waals surface area contributed by atoms with Crippen LogP contribution in [0.15, 0.2) is 6.07 Å². The van der Waals surface area contributed by atoms with Crippen molar-refractivity contribution < 1.29 is 0 Å². The number of aromatic nitrogens is 2. The highest BCUT2D eigenvalue weighted by Crippen LogP contribution is 2.29. The highest BCUT2D eigenvalue weighted by molar-refractivity contribution is 7.80. The van der Waals surface area contributed by atoms with Gasteiger partial charge >= 0.3 is 0 Å². The monoisotopic (exact) mass is 376 g/mol. The SMILES string of the molecule is CCNC(=S)Nc1nc(N2CCCCC2)cc(N2CC(C)CC(C)C2)n1. The van der Waals surface area contributed by atoms with E-state index in [0.29, 0.717) is 22.9 Å². The molecule has 0 aliphatic carbocycles. The summed E-state index contributed by atoms with van der Waals surface area (Å²) < 4.78 is 0. The Morgan fingerprint density at radius 2 is 1.69 bits per heavy atom. The van der Waals surface area contributed by atoms with Crippen molar-refractivity contribution in [3.63, 3.8) is 0 Å². The first-order valence-electron chi connectivity index (χ1n) is 9.99. The molecule has 3 heterocycles. The Morgan fingerprint density at radius 1 is 1.08 bits per heavy atom. The molecule has 2 aliphatic heterocycles. The molecular formula is C19H32N6S. The summed E-state index contributed by atoms with van der Waals surface area (Å²) in [7, 11) is 0. The summed E-state index contributed by atoms with van der Waals surface area (Å²) in [5.74, 6) is 4.00. The summed E-state index contributed by atoms with van der Waals surface area (Å²) in [6, 6.07) is 2.16. The Kier molecular flexibility index (Phi) is 6.51. The molecule has 2 unspecified atom stereocenters. The van der Waals surface area contributed by atoms with E-state index < -0.39 is 0 Å². The fourth-order valence-electron chi connectivity index (χ4n) is 4.08. The molecule has 2 fully saturated rings. The van der Waals surface area contributed by atoms with Crippen molar-refractivity contribution >= 4 is 34.9 Å². The van der Waals surface area contributed by atoms with Crippen LogP contribution in [-0.2, 0) is 0 Å². The number of hydrogen-bond donors (Lipinski definition) is 2. The molecule has 144 valence electrons. The standard InChI is InChI=1S/C19H32N6S/c1-4-20-19(26)23-18-21-16(24-8-6-5-7-9-24)11-17(22-18)25-12-14(2)10-15(3)13-25/h11,14-15H,4-10,12-13H2,1-3H3,(H2,20,21,22,23,26). The van der Waals surface area contributed by atoms with Gasteiger partial charge in [0, 0.05) is 38.8 Å². The second-order valence-corrected chi connectivity index (χ2v) is 8.20. The number of piperidine rings is 2. The molecule has 0 aromatic carbocycles. The maximum absolute atomic E-state index is 5.34. The third-order valence-corrected chi connectivity index (χ3v) is 5.38. The summed E-state index contributed by atoms with van der Waals surface area (Å²) in [4.78, 5) is 14.3. The van der Waals surface area contributed by atoms with E-state index in [1.54, 1.807) is 0 Å². The van der Waals surface area contributed by atoms with Crippen molar-refractivity contribution in [2.75, 3.05) is 47.8 Å². The molecule has 2 atom stereocenters. The molecule has 2 aliphatic rings. The van der Waals surface area contributed by atoms with Crippen LogP contribution >= 0.6 is 12.2 Å². The number of anilines is 3. The predicted molar refractivity (Wildman–Crippen MR) is 113 cm³/mol. The molecule has 3 rings (SSSR count). The summed E-state index contributed by atoms with van der Waals surface area (Å²) in [6.45, 7) is 11.7. The van der Waals surface area contributed by atoms with Crippen LogP contribution in [0.1, 0.15) is 46.5 Å². The van der Waals surface area contributed by atoms with Gasteiger partial charge in [0.25, 0.3) is 0 Å². The lowest BCUT2D eigenvalue weighted by atomic mass is 9.92. The van der Waals surface area contributed by atoms with E-state index in [1.165, 1.54) is 25.7 Å². The molecule has 1 aromatic rings. The topological polar surface area (TPSA) is 56.3 Å². The highest BCUT2D eigenvalue weighted by atomic mass is 32.1. The maximum Gasteiger partial charge on any atom is 0.232 e. The third-order valence-electron chi connectivity index (χ3n) is 5.13. The van der Waals surface area contributed by atoms with E-state index in [0.717, 1.165) is 44.4 Å². The second-order valence-electron chi connectivity index (χ2n) is 7.79. The Labute approximate surface area is 162 Å². The average molecular weight is 377 g/mol. The number of thiocarbonyl (C=S) groups is 1. The Hall–Kier alpha value is -1.63. The van der Waals surface area contributed by atoms with Crippen molar-refractivity contribution in [1.82, 2.24) is 15.3 Å². The van der Waals surface area contributed by atoms with Crippen molar-refractivity contribution in [3.8, 4) is 0 Å². The molecule has 7 heteroatoms. The molecular weight excluding hydrogens is 344 g/mol. The molecule has 0 saturated carbocycles. The molecule has 0 amide bonds. The Balaban J connectivity index is 1.87. The van der Waals surface area contributed by atoms with Gasteiger partial charge in [-0.15, -0.1) is 0 Å². The quantitative estimate of drug-likeness (QED) is 0.782. The summed E-state index contributed by atoms with van der Waals surface area (Å²) in [5, 5.41) is 6.87. The van der Waals surface area contributed by atoms with Crippen LogP contribution in [0.2, 0.25) is 0 Å². The van der Waals surface area contributed by atoms with E-state index in [2.05, 4.69) is 40.3 Å². The lowest BCUT2D eigenvalue weighted by molar-refractivity contribution is 0.355. The fourth-order valence-corrected chi connectivity index (χ4v) is 4.32. The first-order chi connectivity index (χ1) is 12.5. The first kappa shape index (κ1) is 19.1. The minimum Gasteiger partial charge on any atom is -0.363 e. The number of rotatable bonds is 4. The van der Waals surface area contributed by atoms with E-state index in [4.69, 9.17) is 22.2 Å². The molecule has 0 bridgehead atoms. The third kappa shape index (κ3) is 4.96. The van der Waals surface area contributed by atoms with Gasteiger partial charge in [-0.05, 0) is 56.7 Å². The van der Waals surface area contributed by atoms with Crippen LogP contribution in [0.25, 0.3) is 0 Å². The van der Waals surface area contributed by atoms with Crippen LogP contribution in [-0.4, -0.2) is 47.8 Å². The van der Waals surface area contributed by atoms with Crippen LogP contribution in [0.5, 0.6) is 0 Å². The zero-order valence-corrected chi connectivity index (χ0v) is 17.1. The minimum atomic E-state index is 0.578. The van der Waals surface area contributed by atoms with Crippen molar-refractivity contribution in [2.24, 2.45) is 11.8 Å². The van der Waals surface area contributed by atoms with Crippen LogP contribution in [0.3, 0.4) is 0 Å². The van der Waals surface area contributed by atoms with Crippen molar-refractivity contribution in [3.05, 3.63) is 6.07 Å². The van der Waals surface area contributed by atoms with E-state index in [9.17, 15) is 0 Å². The zero-order chi connectivity index (χ0) is 18.5. The van der Waals surface area contributed by atoms with Crippen LogP contribution in [0.4, 0.5) is 17.6 Å². The van der Waals surface area contributed by atoms with Gasteiger partial charge in [-0.3, -0.25) is 0 Å². The Bertz CT molecular complexity index is 606. The summed E-state index contributed by atoms with van der Waals surface area (Å²) in [6.07, 6.45) is 5.06. The van der Waals surface area contributed by atoms with Crippen LogP contribution in [0, 0.1) is 11.8 Å². The first-order valence-corrected chi connectivity index (χ1v) is 10.4. The van der Waals surface area contributed by atoms with Gasteiger partial charge in [0.2, 0.25) is 5.95 Å². The molecule has 2 saturated heterocycles.